The van der Waals surface area contributed by atoms with Crippen LogP contribution in [0.5, 0.6) is 0 Å². The second-order valence-electron chi connectivity index (χ2n) is 5.65. The standard InChI is InChI=1S/C19H15Cl2NO4/c1-10-13(9-25-11(2)23)12-5-3-8-16(18(12)26-10)22-19(24)17-14(20)6-4-7-15(17)21/h3-8H,9H2,1-2H3,(H,22,24). The van der Waals surface area contributed by atoms with E-state index in [2.05, 4.69) is 5.32 Å². The molecule has 7 heteroatoms. The molecule has 134 valence electrons. The first kappa shape index (κ1) is 18.3. The molecule has 0 bridgehead atoms. The summed E-state index contributed by atoms with van der Waals surface area (Å²) in [5.74, 6) is -0.209. The predicted octanol–water partition coefficient (Wildman–Crippen LogP) is 5.36. The van der Waals surface area contributed by atoms with Crippen LogP contribution < -0.4 is 5.32 Å². The highest BCUT2D eigenvalue weighted by atomic mass is 35.5. The van der Waals surface area contributed by atoms with E-state index in [1.807, 2.05) is 6.07 Å². The van der Waals surface area contributed by atoms with Crippen LogP contribution in [0.1, 0.15) is 28.6 Å². The Morgan fingerprint density at radius 3 is 2.42 bits per heavy atom. The van der Waals surface area contributed by atoms with E-state index in [0.717, 1.165) is 10.9 Å². The van der Waals surface area contributed by atoms with Crippen molar-refractivity contribution in [2.24, 2.45) is 0 Å². The van der Waals surface area contributed by atoms with Crippen molar-refractivity contribution < 1.29 is 18.7 Å². The van der Waals surface area contributed by atoms with Crippen molar-refractivity contribution in [3.63, 3.8) is 0 Å². The number of esters is 1. The van der Waals surface area contributed by atoms with Crippen molar-refractivity contribution in [3.8, 4) is 0 Å². The molecule has 0 saturated heterocycles. The number of para-hydroxylation sites is 1. The van der Waals surface area contributed by atoms with Gasteiger partial charge in [-0.25, -0.2) is 0 Å². The number of carbonyl (C=O) groups is 2. The molecule has 1 heterocycles. The molecule has 0 aliphatic rings. The van der Waals surface area contributed by atoms with Crippen LogP contribution in [-0.4, -0.2) is 11.9 Å². The van der Waals surface area contributed by atoms with Gasteiger partial charge in [0.05, 0.1) is 21.3 Å². The minimum absolute atomic E-state index is 0.0991. The van der Waals surface area contributed by atoms with E-state index in [4.69, 9.17) is 32.4 Å². The lowest BCUT2D eigenvalue weighted by atomic mass is 10.1. The molecule has 0 saturated carbocycles. The monoisotopic (exact) mass is 391 g/mol. The van der Waals surface area contributed by atoms with Gasteiger partial charge in [-0.3, -0.25) is 9.59 Å². The summed E-state index contributed by atoms with van der Waals surface area (Å²) >= 11 is 12.2. The zero-order valence-corrected chi connectivity index (χ0v) is 15.6. The number of aryl methyl sites for hydroxylation is 1. The van der Waals surface area contributed by atoms with Crippen LogP contribution in [0, 0.1) is 6.92 Å². The van der Waals surface area contributed by atoms with Gasteiger partial charge in [-0.2, -0.15) is 0 Å². The number of benzene rings is 2. The third-order valence-electron chi connectivity index (χ3n) is 3.88. The van der Waals surface area contributed by atoms with E-state index < -0.39 is 5.91 Å². The summed E-state index contributed by atoms with van der Waals surface area (Å²) in [4.78, 5) is 23.7. The number of nitrogens with one attached hydrogen (secondary N) is 1. The highest BCUT2D eigenvalue weighted by Crippen LogP contribution is 2.33. The minimum atomic E-state index is -0.441. The van der Waals surface area contributed by atoms with Gasteiger partial charge in [0.1, 0.15) is 12.4 Å². The number of anilines is 1. The van der Waals surface area contributed by atoms with Crippen molar-refractivity contribution in [2.75, 3.05) is 5.32 Å². The maximum Gasteiger partial charge on any atom is 0.302 e. The average molecular weight is 392 g/mol. The number of amides is 1. The van der Waals surface area contributed by atoms with Crippen LogP contribution in [-0.2, 0) is 16.1 Å². The molecule has 2 aromatic carbocycles. The SMILES string of the molecule is CC(=O)OCc1c(C)oc2c(NC(=O)c3c(Cl)cccc3Cl)cccc12. The molecule has 3 aromatic rings. The Morgan fingerprint density at radius 1 is 1.12 bits per heavy atom. The van der Waals surface area contributed by atoms with Crippen molar-refractivity contribution >= 4 is 51.7 Å². The van der Waals surface area contributed by atoms with Crippen molar-refractivity contribution in [1.82, 2.24) is 0 Å². The Hall–Kier alpha value is -2.50. The number of furan rings is 1. The van der Waals surface area contributed by atoms with Gasteiger partial charge in [0.25, 0.3) is 5.91 Å². The van der Waals surface area contributed by atoms with E-state index in [-0.39, 0.29) is 28.2 Å². The molecule has 5 nitrogen and oxygen atoms in total. The molecule has 3 rings (SSSR count). The van der Waals surface area contributed by atoms with E-state index in [0.29, 0.717) is 17.0 Å². The summed E-state index contributed by atoms with van der Waals surface area (Å²) in [5, 5.41) is 4.05. The Morgan fingerprint density at radius 2 is 1.77 bits per heavy atom. The number of fused-ring (bicyclic) bond motifs is 1. The minimum Gasteiger partial charge on any atom is -0.461 e. The molecule has 1 amide bonds. The van der Waals surface area contributed by atoms with Gasteiger partial charge in [0.2, 0.25) is 0 Å². The van der Waals surface area contributed by atoms with Gasteiger partial charge < -0.3 is 14.5 Å². The fourth-order valence-electron chi connectivity index (χ4n) is 2.64. The number of hydrogen-bond acceptors (Lipinski definition) is 4. The fourth-order valence-corrected chi connectivity index (χ4v) is 3.21. The zero-order valence-electron chi connectivity index (χ0n) is 14.1. The second-order valence-corrected chi connectivity index (χ2v) is 6.46. The third kappa shape index (κ3) is 3.54. The number of rotatable bonds is 4. The van der Waals surface area contributed by atoms with E-state index in [1.54, 1.807) is 37.3 Å². The van der Waals surface area contributed by atoms with Crippen molar-refractivity contribution in [2.45, 2.75) is 20.5 Å². The van der Waals surface area contributed by atoms with Crippen LogP contribution in [0.3, 0.4) is 0 Å². The summed E-state index contributed by atoms with van der Waals surface area (Å²) in [6, 6.07) is 10.2. The Balaban J connectivity index is 1.97. The molecule has 0 fully saturated rings. The smallest absolute Gasteiger partial charge is 0.302 e. The Labute approximate surface area is 159 Å². The molecule has 0 radical (unpaired) electrons. The number of ether oxygens (including phenoxy) is 1. The van der Waals surface area contributed by atoms with Crippen LogP contribution in [0.2, 0.25) is 10.0 Å². The van der Waals surface area contributed by atoms with E-state index in [9.17, 15) is 9.59 Å². The molecule has 0 aliphatic carbocycles. The lowest BCUT2D eigenvalue weighted by Crippen LogP contribution is -2.13. The molecular formula is C19H15Cl2NO4. The normalized spacial score (nSPS) is 10.8. The molecular weight excluding hydrogens is 377 g/mol. The lowest BCUT2D eigenvalue weighted by molar-refractivity contribution is -0.142. The van der Waals surface area contributed by atoms with Gasteiger partial charge in [0, 0.05) is 17.9 Å². The van der Waals surface area contributed by atoms with Crippen molar-refractivity contribution in [3.05, 3.63) is 63.3 Å². The van der Waals surface area contributed by atoms with Gasteiger partial charge in [-0.15, -0.1) is 0 Å². The fraction of sp³-hybridized carbons (Fsp3) is 0.158. The molecule has 0 unspecified atom stereocenters. The summed E-state index contributed by atoms with van der Waals surface area (Å²) in [6.45, 7) is 3.22. The summed E-state index contributed by atoms with van der Waals surface area (Å²) in [6.07, 6.45) is 0. The topological polar surface area (TPSA) is 68.5 Å². The molecule has 1 N–H and O–H groups in total. The Kier molecular flexibility index (Phi) is 5.20. The quantitative estimate of drug-likeness (QED) is 0.607. The highest BCUT2D eigenvalue weighted by molar-refractivity contribution is 6.40. The first-order valence-corrected chi connectivity index (χ1v) is 8.53. The summed E-state index contributed by atoms with van der Waals surface area (Å²) in [7, 11) is 0. The number of hydrogen-bond donors (Lipinski definition) is 1. The maximum absolute atomic E-state index is 12.6. The van der Waals surface area contributed by atoms with Gasteiger partial charge in [-0.1, -0.05) is 41.4 Å². The largest absolute Gasteiger partial charge is 0.461 e. The van der Waals surface area contributed by atoms with Crippen LogP contribution in [0.25, 0.3) is 11.0 Å². The molecule has 0 spiro atoms. The average Bonchev–Trinajstić information content (AvgIpc) is 2.89. The van der Waals surface area contributed by atoms with Crippen molar-refractivity contribution in [1.29, 1.82) is 0 Å². The zero-order chi connectivity index (χ0) is 18.8. The molecule has 1 aromatic heterocycles. The first-order chi connectivity index (χ1) is 12.4. The second kappa shape index (κ2) is 7.40. The predicted molar refractivity (Wildman–Crippen MR) is 101 cm³/mol. The number of carbonyl (C=O) groups excluding carboxylic acids is 2. The van der Waals surface area contributed by atoms with Crippen LogP contribution >= 0.6 is 23.2 Å². The first-order valence-electron chi connectivity index (χ1n) is 7.78. The van der Waals surface area contributed by atoms with Crippen LogP contribution in [0.4, 0.5) is 5.69 Å². The van der Waals surface area contributed by atoms with E-state index in [1.165, 1.54) is 6.92 Å². The highest BCUT2D eigenvalue weighted by Gasteiger charge is 2.19. The van der Waals surface area contributed by atoms with Gasteiger partial charge >= 0.3 is 5.97 Å². The lowest BCUT2D eigenvalue weighted by Gasteiger charge is -2.09. The van der Waals surface area contributed by atoms with Crippen LogP contribution in [0.15, 0.2) is 40.8 Å². The van der Waals surface area contributed by atoms with Gasteiger partial charge in [0.15, 0.2) is 5.58 Å². The summed E-state index contributed by atoms with van der Waals surface area (Å²) in [5.41, 5.74) is 1.91. The molecule has 26 heavy (non-hydrogen) atoms. The molecule has 0 atom stereocenters. The Bertz CT molecular complexity index is 990. The number of halogens is 2. The van der Waals surface area contributed by atoms with E-state index >= 15 is 0 Å². The summed E-state index contributed by atoms with van der Waals surface area (Å²) < 4.78 is 10.9. The van der Waals surface area contributed by atoms with Gasteiger partial charge in [-0.05, 0) is 25.1 Å². The maximum atomic E-state index is 12.6. The third-order valence-corrected chi connectivity index (χ3v) is 4.51. The molecule has 0 aliphatic heterocycles.